The number of rotatable bonds is 3. The van der Waals surface area contributed by atoms with Crippen molar-refractivity contribution in [3.05, 3.63) is 35.4 Å². The quantitative estimate of drug-likeness (QED) is 0.655. The molecule has 4 nitrogen and oxygen atoms in total. The number of nitrogens with one attached hydrogen (secondary N) is 1. The summed E-state index contributed by atoms with van der Waals surface area (Å²) in [4.78, 5) is 12.1. The second-order valence-corrected chi connectivity index (χ2v) is 5.07. The molecule has 2 rings (SSSR count). The highest BCUT2D eigenvalue weighted by molar-refractivity contribution is 6.01. The molecule has 1 amide bonds. The van der Waals surface area contributed by atoms with E-state index in [1.807, 2.05) is 6.07 Å². The lowest BCUT2D eigenvalue weighted by Crippen LogP contribution is -2.36. The molecule has 0 spiro atoms. The van der Waals surface area contributed by atoms with Crippen molar-refractivity contribution in [1.29, 1.82) is 5.26 Å². The van der Waals surface area contributed by atoms with Gasteiger partial charge in [-0.15, -0.1) is 0 Å². The zero-order chi connectivity index (χ0) is 14.4. The largest absolute Gasteiger partial charge is 0.508 e. The van der Waals surface area contributed by atoms with Crippen LogP contribution in [0.1, 0.15) is 37.7 Å². The third-order valence-corrected chi connectivity index (χ3v) is 3.51. The van der Waals surface area contributed by atoms with E-state index < -0.39 is 0 Å². The van der Waals surface area contributed by atoms with Crippen molar-refractivity contribution < 1.29 is 9.90 Å². The van der Waals surface area contributed by atoms with Gasteiger partial charge in [-0.3, -0.25) is 4.79 Å². The zero-order valence-electron chi connectivity index (χ0n) is 11.3. The minimum atomic E-state index is -0.313. The molecule has 1 fully saturated rings. The maximum Gasteiger partial charge on any atom is 0.262 e. The first-order valence-corrected chi connectivity index (χ1v) is 6.91. The van der Waals surface area contributed by atoms with Crippen molar-refractivity contribution >= 4 is 12.0 Å². The average Bonchev–Trinajstić information content (AvgIpc) is 2.47. The molecule has 1 aliphatic rings. The van der Waals surface area contributed by atoms with Crippen molar-refractivity contribution in [2.24, 2.45) is 0 Å². The van der Waals surface area contributed by atoms with Crippen LogP contribution in [0.4, 0.5) is 0 Å². The van der Waals surface area contributed by atoms with Crippen LogP contribution in [0.3, 0.4) is 0 Å². The lowest BCUT2D eigenvalue weighted by molar-refractivity contribution is -0.117. The van der Waals surface area contributed by atoms with Gasteiger partial charge in [-0.25, -0.2) is 0 Å². The van der Waals surface area contributed by atoms with Crippen LogP contribution in [0.2, 0.25) is 0 Å². The molecule has 0 bridgehead atoms. The summed E-state index contributed by atoms with van der Waals surface area (Å²) in [5, 5.41) is 21.2. The summed E-state index contributed by atoms with van der Waals surface area (Å²) in [7, 11) is 0. The molecule has 0 atom stereocenters. The summed E-state index contributed by atoms with van der Waals surface area (Å²) in [6, 6.07) is 8.52. The van der Waals surface area contributed by atoms with Crippen molar-refractivity contribution in [3.63, 3.8) is 0 Å². The Labute approximate surface area is 118 Å². The van der Waals surface area contributed by atoms with E-state index in [4.69, 9.17) is 5.26 Å². The van der Waals surface area contributed by atoms with Crippen LogP contribution in [-0.4, -0.2) is 17.1 Å². The van der Waals surface area contributed by atoms with Gasteiger partial charge in [-0.05, 0) is 36.6 Å². The molecule has 0 heterocycles. The van der Waals surface area contributed by atoms with Crippen molar-refractivity contribution in [2.75, 3.05) is 0 Å². The molecular formula is C16H18N2O2. The fourth-order valence-corrected chi connectivity index (χ4v) is 2.40. The minimum absolute atomic E-state index is 0.0984. The fourth-order valence-electron chi connectivity index (χ4n) is 2.40. The van der Waals surface area contributed by atoms with Gasteiger partial charge in [-0.2, -0.15) is 5.26 Å². The number of nitriles is 1. The summed E-state index contributed by atoms with van der Waals surface area (Å²) in [6.45, 7) is 0. The van der Waals surface area contributed by atoms with Gasteiger partial charge in [-0.1, -0.05) is 31.4 Å². The van der Waals surface area contributed by atoms with Crippen molar-refractivity contribution in [3.8, 4) is 11.8 Å². The van der Waals surface area contributed by atoms with Crippen LogP contribution in [0, 0.1) is 11.3 Å². The number of phenols is 1. The van der Waals surface area contributed by atoms with Crippen LogP contribution in [0.15, 0.2) is 29.8 Å². The molecule has 1 aromatic rings. The minimum Gasteiger partial charge on any atom is -0.508 e. The Kier molecular flexibility index (Phi) is 4.78. The third-order valence-electron chi connectivity index (χ3n) is 3.51. The zero-order valence-corrected chi connectivity index (χ0v) is 11.3. The first-order chi connectivity index (χ1) is 9.69. The Bertz CT molecular complexity index is 535. The Morgan fingerprint density at radius 2 is 1.90 bits per heavy atom. The van der Waals surface area contributed by atoms with E-state index in [0.717, 1.165) is 31.2 Å². The number of hydrogen-bond donors (Lipinski definition) is 2. The number of amides is 1. The van der Waals surface area contributed by atoms with Crippen molar-refractivity contribution in [1.82, 2.24) is 5.32 Å². The van der Waals surface area contributed by atoms with Crippen molar-refractivity contribution in [2.45, 2.75) is 38.1 Å². The van der Waals surface area contributed by atoms with E-state index >= 15 is 0 Å². The topological polar surface area (TPSA) is 73.1 Å². The number of hydrogen-bond acceptors (Lipinski definition) is 3. The van der Waals surface area contributed by atoms with E-state index in [1.165, 1.54) is 24.6 Å². The predicted octanol–water partition coefficient (Wildman–Crippen LogP) is 2.75. The second-order valence-electron chi connectivity index (χ2n) is 5.07. The fraction of sp³-hybridized carbons (Fsp3) is 0.375. The number of benzene rings is 1. The molecule has 1 aromatic carbocycles. The number of phenolic OH excluding ortho intramolecular Hbond substituents is 1. The molecule has 0 aliphatic heterocycles. The van der Waals surface area contributed by atoms with Crippen LogP contribution in [0.25, 0.3) is 6.08 Å². The summed E-state index contributed by atoms with van der Waals surface area (Å²) in [5.41, 5.74) is 0.819. The highest BCUT2D eigenvalue weighted by atomic mass is 16.3. The number of aromatic hydroxyl groups is 1. The van der Waals surface area contributed by atoms with Gasteiger partial charge in [0.15, 0.2) is 0 Å². The summed E-state index contributed by atoms with van der Waals surface area (Å²) < 4.78 is 0. The second kappa shape index (κ2) is 6.76. The lowest BCUT2D eigenvalue weighted by atomic mass is 9.95. The molecule has 0 unspecified atom stereocenters. The Balaban J connectivity index is 2.05. The monoisotopic (exact) mass is 270 g/mol. The summed E-state index contributed by atoms with van der Waals surface area (Å²) >= 11 is 0. The van der Waals surface area contributed by atoms with Gasteiger partial charge in [0.25, 0.3) is 5.91 Å². The number of carbonyl (C=O) groups is 1. The Morgan fingerprint density at radius 1 is 1.25 bits per heavy atom. The van der Waals surface area contributed by atoms with E-state index in [1.54, 1.807) is 12.1 Å². The van der Waals surface area contributed by atoms with Gasteiger partial charge < -0.3 is 10.4 Å². The first-order valence-electron chi connectivity index (χ1n) is 6.91. The molecule has 0 saturated heterocycles. The molecule has 1 saturated carbocycles. The summed E-state index contributed by atoms with van der Waals surface area (Å²) in [6.07, 6.45) is 7.01. The van der Waals surface area contributed by atoms with E-state index in [2.05, 4.69) is 5.32 Å². The highest BCUT2D eigenvalue weighted by Gasteiger charge is 2.17. The van der Waals surface area contributed by atoms with Gasteiger partial charge in [0.2, 0.25) is 0 Å². The van der Waals surface area contributed by atoms with E-state index in [-0.39, 0.29) is 23.3 Å². The molecule has 2 N–H and O–H groups in total. The molecule has 0 aromatic heterocycles. The molecule has 0 radical (unpaired) electrons. The predicted molar refractivity (Wildman–Crippen MR) is 76.7 cm³/mol. The van der Waals surface area contributed by atoms with Gasteiger partial charge in [0, 0.05) is 6.04 Å². The lowest BCUT2D eigenvalue weighted by Gasteiger charge is -2.22. The van der Waals surface area contributed by atoms with Crippen LogP contribution < -0.4 is 5.32 Å². The standard InChI is InChI=1S/C16H18N2O2/c17-11-13(10-12-6-8-15(19)9-7-12)16(20)18-14-4-2-1-3-5-14/h6-10,14,19H,1-5H2,(H,18,20). The number of carbonyl (C=O) groups excluding carboxylic acids is 1. The van der Waals surface area contributed by atoms with E-state index in [9.17, 15) is 9.90 Å². The average molecular weight is 270 g/mol. The maximum absolute atomic E-state index is 12.1. The SMILES string of the molecule is N#CC(=Cc1ccc(O)cc1)C(=O)NC1CCCCC1. The van der Waals surface area contributed by atoms with Crippen LogP contribution >= 0.6 is 0 Å². The summed E-state index contributed by atoms with van der Waals surface area (Å²) in [5.74, 6) is -0.153. The van der Waals surface area contributed by atoms with Gasteiger partial charge >= 0.3 is 0 Å². The first kappa shape index (κ1) is 14.1. The highest BCUT2D eigenvalue weighted by Crippen LogP contribution is 2.18. The number of nitrogens with zero attached hydrogens (tertiary/aromatic N) is 1. The smallest absolute Gasteiger partial charge is 0.262 e. The van der Waals surface area contributed by atoms with Crippen LogP contribution in [0.5, 0.6) is 5.75 Å². The Morgan fingerprint density at radius 3 is 2.50 bits per heavy atom. The normalized spacial score (nSPS) is 16.4. The molecular weight excluding hydrogens is 252 g/mol. The molecule has 20 heavy (non-hydrogen) atoms. The van der Waals surface area contributed by atoms with Crippen LogP contribution in [-0.2, 0) is 4.79 Å². The maximum atomic E-state index is 12.1. The van der Waals surface area contributed by atoms with Gasteiger partial charge in [0.1, 0.15) is 17.4 Å². The molecule has 1 aliphatic carbocycles. The molecule has 4 heteroatoms. The molecule has 104 valence electrons. The van der Waals surface area contributed by atoms with E-state index in [0.29, 0.717) is 0 Å². The third kappa shape index (κ3) is 3.86. The Hall–Kier alpha value is -2.28. The van der Waals surface area contributed by atoms with Gasteiger partial charge in [0.05, 0.1) is 0 Å².